The van der Waals surface area contributed by atoms with Crippen LogP contribution in [-0.4, -0.2) is 54.0 Å². The van der Waals surface area contributed by atoms with Gasteiger partial charge in [-0.25, -0.2) is 4.79 Å². The highest BCUT2D eigenvalue weighted by atomic mass is 32.1. The van der Waals surface area contributed by atoms with Crippen LogP contribution in [0.25, 0.3) is 0 Å². The topological polar surface area (TPSA) is 59.0 Å². The van der Waals surface area contributed by atoms with E-state index in [1.165, 1.54) is 5.56 Å². The van der Waals surface area contributed by atoms with Crippen molar-refractivity contribution < 1.29 is 19.4 Å². The number of carboxylic acid groups (broad SMARTS) is 1. The standard InChI is InChI=1S/C16H23NO4S/c1-20-16-4-2-13(21-10-15(18)19)8-14(16)17(6-5-16)9-12-3-7-22-11-12/h3,7,11,13-14H,2,4-6,8-10H2,1H3,(H,18,19)/t13-,14+,16-/m1/s1. The summed E-state index contributed by atoms with van der Waals surface area (Å²) in [7, 11) is 1.81. The third-order valence-electron chi connectivity index (χ3n) is 5.06. The lowest BCUT2D eigenvalue weighted by atomic mass is 9.79. The second kappa shape index (κ2) is 6.66. The molecule has 1 saturated carbocycles. The molecular weight excluding hydrogens is 302 g/mol. The number of carboxylic acids is 1. The summed E-state index contributed by atoms with van der Waals surface area (Å²) in [5.41, 5.74) is 1.25. The number of thiophene rings is 1. The molecule has 1 saturated heterocycles. The van der Waals surface area contributed by atoms with E-state index in [0.29, 0.717) is 6.04 Å². The van der Waals surface area contributed by atoms with Crippen molar-refractivity contribution in [2.45, 2.75) is 50.0 Å². The molecule has 0 aromatic carbocycles. The zero-order valence-corrected chi connectivity index (χ0v) is 13.7. The third-order valence-corrected chi connectivity index (χ3v) is 5.79. The van der Waals surface area contributed by atoms with Gasteiger partial charge in [-0.15, -0.1) is 0 Å². The van der Waals surface area contributed by atoms with Gasteiger partial charge >= 0.3 is 5.97 Å². The third kappa shape index (κ3) is 3.20. The van der Waals surface area contributed by atoms with Crippen molar-refractivity contribution >= 4 is 17.3 Å². The first-order chi connectivity index (χ1) is 10.6. The van der Waals surface area contributed by atoms with Crippen molar-refractivity contribution in [3.8, 4) is 0 Å². The van der Waals surface area contributed by atoms with Gasteiger partial charge in [0.05, 0.1) is 11.7 Å². The predicted octanol–water partition coefficient (Wildman–Crippen LogP) is 2.36. The van der Waals surface area contributed by atoms with Crippen LogP contribution in [0.3, 0.4) is 0 Å². The minimum atomic E-state index is -0.898. The SMILES string of the molecule is CO[C@@]12CC[C@@H](OCC(=O)O)C[C@@H]1N(Cc1ccsc1)CC2. The molecule has 1 aliphatic heterocycles. The highest BCUT2D eigenvalue weighted by Crippen LogP contribution is 2.43. The van der Waals surface area contributed by atoms with Crippen LogP contribution in [0.4, 0.5) is 0 Å². The van der Waals surface area contributed by atoms with Crippen LogP contribution >= 0.6 is 11.3 Å². The van der Waals surface area contributed by atoms with Gasteiger partial charge in [-0.05, 0) is 48.1 Å². The average Bonchev–Trinajstić information content (AvgIpc) is 3.14. The number of nitrogens with zero attached hydrogens (tertiary/aromatic N) is 1. The molecule has 1 aromatic heterocycles. The highest BCUT2D eigenvalue weighted by Gasteiger charge is 2.51. The molecule has 2 fully saturated rings. The van der Waals surface area contributed by atoms with E-state index in [1.54, 1.807) is 18.4 Å². The molecule has 0 amide bonds. The summed E-state index contributed by atoms with van der Waals surface area (Å²) >= 11 is 1.72. The molecule has 2 aliphatic rings. The fraction of sp³-hybridized carbons (Fsp3) is 0.688. The van der Waals surface area contributed by atoms with Crippen LogP contribution in [0, 0.1) is 0 Å². The number of ether oxygens (including phenoxy) is 2. The number of hydrogen-bond acceptors (Lipinski definition) is 5. The second-order valence-electron chi connectivity index (χ2n) is 6.24. The summed E-state index contributed by atoms with van der Waals surface area (Å²) in [5.74, 6) is -0.898. The van der Waals surface area contributed by atoms with E-state index in [-0.39, 0.29) is 18.3 Å². The van der Waals surface area contributed by atoms with Crippen LogP contribution < -0.4 is 0 Å². The quantitative estimate of drug-likeness (QED) is 0.870. The van der Waals surface area contributed by atoms with Gasteiger partial charge in [-0.3, -0.25) is 4.90 Å². The summed E-state index contributed by atoms with van der Waals surface area (Å²) in [5, 5.41) is 13.1. The number of rotatable bonds is 6. The van der Waals surface area contributed by atoms with Crippen molar-refractivity contribution in [3.63, 3.8) is 0 Å². The van der Waals surface area contributed by atoms with Gasteiger partial charge in [0.2, 0.25) is 0 Å². The van der Waals surface area contributed by atoms with Gasteiger partial charge in [0, 0.05) is 26.2 Å². The summed E-state index contributed by atoms with van der Waals surface area (Å²) in [6, 6.07) is 2.48. The number of hydrogen-bond donors (Lipinski definition) is 1. The van der Waals surface area contributed by atoms with Crippen molar-refractivity contribution in [2.75, 3.05) is 20.3 Å². The molecule has 3 rings (SSSR count). The Morgan fingerprint density at radius 3 is 3.09 bits per heavy atom. The fourth-order valence-corrected chi connectivity index (χ4v) is 4.56. The molecule has 0 radical (unpaired) electrons. The Balaban J connectivity index is 1.68. The zero-order chi connectivity index (χ0) is 15.6. The van der Waals surface area contributed by atoms with E-state index >= 15 is 0 Å². The fourth-order valence-electron chi connectivity index (χ4n) is 3.90. The van der Waals surface area contributed by atoms with E-state index in [0.717, 1.165) is 38.8 Å². The normalized spacial score (nSPS) is 32.0. The largest absolute Gasteiger partial charge is 0.480 e. The molecule has 0 spiro atoms. The first-order valence-corrected chi connectivity index (χ1v) is 8.71. The Kier molecular flexibility index (Phi) is 4.82. The molecule has 1 aromatic rings. The maximum absolute atomic E-state index is 10.7. The van der Waals surface area contributed by atoms with Gasteiger partial charge in [0.15, 0.2) is 0 Å². The summed E-state index contributed by atoms with van der Waals surface area (Å²) in [4.78, 5) is 13.2. The van der Waals surface area contributed by atoms with Gasteiger partial charge < -0.3 is 14.6 Å². The summed E-state index contributed by atoms with van der Waals surface area (Å²) < 4.78 is 11.5. The van der Waals surface area contributed by atoms with E-state index in [1.807, 2.05) is 0 Å². The van der Waals surface area contributed by atoms with E-state index in [2.05, 4.69) is 21.7 Å². The Morgan fingerprint density at radius 1 is 1.55 bits per heavy atom. The molecule has 5 nitrogen and oxygen atoms in total. The molecule has 3 atom stereocenters. The lowest BCUT2D eigenvalue weighted by Gasteiger charge is -2.43. The highest BCUT2D eigenvalue weighted by molar-refractivity contribution is 7.07. The molecule has 6 heteroatoms. The van der Waals surface area contributed by atoms with Gasteiger partial charge in [-0.1, -0.05) is 0 Å². The smallest absolute Gasteiger partial charge is 0.329 e. The van der Waals surface area contributed by atoms with Gasteiger partial charge in [0.25, 0.3) is 0 Å². The van der Waals surface area contributed by atoms with Crippen LogP contribution in [0.2, 0.25) is 0 Å². The first-order valence-electron chi connectivity index (χ1n) is 7.76. The monoisotopic (exact) mass is 325 g/mol. The molecular formula is C16H23NO4S. The van der Waals surface area contributed by atoms with E-state index < -0.39 is 5.97 Å². The number of fused-ring (bicyclic) bond motifs is 1. The first kappa shape index (κ1) is 15.9. The molecule has 0 bridgehead atoms. The molecule has 22 heavy (non-hydrogen) atoms. The lowest BCUT2D eigenvalue weighted by Crippen LogP contribution is -2.51. The minimum Gasteiger partial charge on any atom is -0.480 e. The molecule has 122 valence electrons. The maximum atomic E-state index is 10.7. The molecule has 0 unspecified atom stereocenters. The van der Waals surface area contributed by atoms with Crippen LogP contribution in [0.1, 0.15) is 31.2 Å². The number of likely N-dealkylation sites (tertiary alicyclic amines) is 1. The van der Waals surface area contributed by atoms with Crippen molar-refractivity contribution in [3.05, 3.63) is 22.4 Å². The maximum Gasteiger partial charge on any atom is 0.329 e. The summed E-state index contributed by atoms with van der Waals surface area (Å²) in [6.45, 7) is 1.76. The van der Waals surface area contributed by atoms with Crippen LogP contribution in [-0.2, 0) is 20.8 Å². The van der Waals surface area contributed by atoms with E-state index in [9.17, 15) is 4.79 Å². The van der Waals surface area contributed by atoms with Crippen molar-refractivity contribution in [1.82, 2.24) is 4.90 Å². The Morgan fingerprint density at radius 2 is 2.41 bits per heavy atom. The number of methoxy groups -OCH3 is 1. The molecule has 1 aliphatic carbocycles. The lowest BCUT2D eigenvalue weighted by molar-refractivity contribution is -0.148. The Bertz CT molecular complexity index is 506. The van der Waals surface area contributed by atoms with Gasteiger partial charge in [0.1, 0.15) is 6.61 Å². The molecule has 1 N–H and O–H groups in total. The number of aliphatic carboxylic acids is 1. The van der Waals surface area contributed by atoms with Crippen molar-refractivity contribution in [2.24, 2.45) is 0 Å². The number of carbonyl (C=O) groups is 1. The van der Waals surface area contributed by atoms with E-state index in [4.69, 9.17) is 14.6 Å². The Labute approximate surface area is 134 Å². The van der Waals surface area contributed by atoms with Gasteiger partial charge in [-0.2, -0.15) is 11.3 Å². The minimum absolute atomic E-state index is 0.0208. The van der Waals surface area contributed by atoms with Crippen molar-refractivity contribution in [1.29, 1.82) is 0 Å². The van der Waals surface area contributed by atoms with Crippen LogP contribution in [0.5, 0.6) is 0 Å². The average molecular weight is 325 g/mol. The predicted molar refractivity (Wildman–Crippen MR) is 84.1 cm³/mol. The zero-order valence-electron chi connectivity index (χ0n) is 12.9. The van der Waals surface area contributed by atoms with Crippen LogP contribution in [0.15, 0.2) is 16.8 Å². The second-order valence-corrected chi connectivity index (χ2v) is 7.02. The Hall–Kier alpha value is -0.950. The molecule has 2 heterocycles. The summed E-state index contributed by atoms with van der Waals surface area (Å²) in [6.07, 6.45) is 3.74.